The number of rotatable bonds is 5. The summed E-state index contributed by atoms with van der Waals surface area (Å²) in [6.45, 7) is 6.76. The summed E-state index contributed by atoms with van der Waals surface area (Å²) < 4.78 is 0. The molecule has 15 heavy (non-hydrogen) atoms. The van der Waals surface area contributed by atoms with E-state index < -0.39 is 0 Å². The van der Waals surface area contributed by atoms with Gasteiger partial charge in [-0.15, -0.1) is 11.3 Å². The quantitative estimate of drug-likeness (QED) is 0.751. The van der Waals surface area contributed by atoms with Crippen molar-refractivity contribution in [2.24, 2.45) is 0 Å². The SMILES string of the molecule is CCCNCc1csc2c1C(CC)CC2. The summed E-state index contributed by atoms with van der Waals surface area (Å²) in [5, 5.41) is 5.89. The molecular formula is C13H21NS. The molecule has 1 unspecified atom stereocenters. The molecule has 0 aliphatic heterocycles. The fourth-order valence-corrected chi connectivity index (χ4v) is 3.68. The summed E-state index contributed by atoms with van der Waals surface area (Å²) in [6.07, 6.45) is 5.25. The first-order chi connectivity index (χ1) is 7.36. The van der Waals surface area contributed by atoms with Crippen molar-refractivity contribution in [2.75, 3.05) is 6.54 Å². The van der Waals surface area contributed by atoms with Gasteiger partial charge in [0.2, 0.25) is 0 Å². The van der Waals surface area contributed by atoms with Gasteiger partial charge in [0.1, 0.15) is 0 Å². The van der Waals surface area contributed by atoms with Crippen molar-refractivity contribution in [2.45, 2.75) is 52.0 Å². The van der Waals surface area contributed by atoms with Crippen LogP contribution in [0.3, 0.4) is 0 Å². The van der Waals surface area contributed by atoms with Gasteiger partial charge in [0, 0.05) is 11.4 Å². The van der Waals surface area contributed by atoms with Crippen LogP contribution >= 0.6 is 11.3 Å². The third-order valence-electron chi connectivity index (χ3n) is 3.35. The zero-order valence-corrected chi connectivity index (χ0v) is 10.6. The average molecular weight is 223 g/mol. The van der Waals surface area contributed by atoms with E-state index in [2.05, 4.69) is 24.5 Å². The molecule has 0 aromatic carbocycles. The van der Waals surface area contributed by atoms with Crippen LogP contribution in [-0.4, -0.2) is 6.54 Å². The Morgan fingerprint density at radius 3 is 3.07 bits per heavy atom. The molecule has 0 amide bonds. The van der Waals surface area contributed by atoms with Crippen LogP contribution in [0.25, 0.3) is 0 Å². The predicted molar refractivity (Wildman–Crippen MR) is 67.7 cm³/mol. The normalized spacial score (nSPS) is 19.5. The van der Waals surface area contributed by atoms with Crippen LogP contribution in [0.1, 0.15) is 55.0 Å². The van der Waals surface area contributed by atoms with Gasteiger partial charge in [0.15, 0.2) is 0 Å². The maximum absolute atomic E-state index is 3.52. The van der Waals surface area contributed by atoms with Gasteiger partial charge in [-0.2, -0.15) is 0 Å². The van der Waals surface area contributed by atoms with Crippen LogP contribution in [0.15, 0.2) is 5.38 Å². The summed E-state index contributed by atoms with van der Waals surface area (Å²) in [5.41, 5.74) is 3.28. The highest BCUT2D eigenvalue weighted by Gasteiger charge is 2.25. The minimum atomic E-state index is 0.852. The Labute approximate surface area is 96.9 Å². The zero-order chi connectivity index (χ0) is 10.7. The monoisotopic (exact) mass is 223 g/mol. The molecule has 1 aliphatic rings. The lowest BCUT2D eigenvalue weighted by Gasteiger charge is -2.10. The largest absolute Gasteiger partial charge is 0.313 e. The third kappa shape index (κ3) is 2.26. The van der Waals surface area contributed by atoms with E-state index in [1.807, 2.05) is 11.3 Å². The average Bonchev–Trinajstić information content (AvgIpc) is 2.80. The van der Waals surface area contributed by atoms with E-state index in [-0.39, 0.29) is 0 Å². The van der Waals surface area contributed by atoms with Crippen LogP contribution < -0.4 is 5.32 Å². The molecule has 2 rings (SSSR count). The molecule has 2 heteroatoms. The lowest BCUT2D eigenvalue weighted by molar-refractivity contribution is 0.633. The first-order valence-corrected chi connectivity index (χ1v) is 7.04. The number of hydrogen-bond acceptors (Lipinski definition) is 2. The molecule has 1 aromatic rings. The zero-order valence-electron chi connectivity index (χ0n) is 9.81. The van der Waals surface area contributed by atoms with Crippen LogP contribution in [0, 0.1) is 0 Å². The molecule has 1 heterocycles. The Morgan fingerprint density at radius 2 is 2.33 bits per heavy atom. The fourth-order valence-electron chi connectivity index (χ4n) is 2.53. The van der Waals surface area contributed by atoms with Gasteiger partial charge in [-0.3, -0.25) is 0 Å². The summed E-state index contributed by atoms with van der Waals surface area (Å²) in [5.74, 6) is 0.852. The van der Waals surface area contributed by atoms with Gasteiger partial charge in [0.25, 0.3) is 0 Å². The molecule has 1 atom stereocenters. The van der Waals surface area contributed by atoms with Crippen LogP contribution in [0.4, 0.5) is 0 Å². The fraction of sp³-hybridized carbons (Fsp3) is 0.692. The van der Waals surface area contributed by atoms with Gasteiger partial charge >= 0.3 is 0 Å². The maximum atomic E-state index is 3.52. The van der Waals surface area contributed by atoms with E-state index in [0.29, 0.717) is 0 Å². The minimum absolute atomic E-state index is 0.852. The molecular weight excluding hydrogens is 202 g/mol. The number of aryl methyl sites for hydroxylation is 1. The topological polar surface area (TPSA) is 12.0 Å². The van der Waals surface area contributed by atoms with E-state index >= 15 is 0 Å². The van der Waals surface area contributed by atoms with E-state index in [0.717, 1.165) is 19.0 Å². The van der Waals surface area contributed by atoms with Gasteiger partial charge in [-0.05, 0) is 54.7 Å². The third-order valence-corrected chi connectivity index (χ3v) is 4.46. The summed E-state index contributed by atoms with van der Waals surface area (Å²) >= 11 is 1.98. The summed E-state index contributed by atoms with van der Waals surface area (Å²) in [6, 6.07) is 0. The smallest absolute Gasteiger partial charge is 0.0216 e. The van der Waals surface area contributed by atoms with Gasteiger partial charge in [-0.1, -0.05) is 13.8 Å². The molecule has 0 saturated heterocycles. The lowest BCUT2D eigenvalue weighted by atomic mass is 9.97. The van der Waals surface area contributed by atoms with Crippen molar-refractivity contribution in [3.8, 4) is 0 Å². The Hall–Kier alpha value is -0.340. The Kier molecular flexibility index (Phi) is 3.81. The highest BCUT2D eigenvalue weighted by Crippen LogP contribution is 2.41. The standard InChI is InChI=1S/C13H21NS/c1-3-7-14-8-11-9-15-12-6-5-10(4-2)13(11)12/h9-10,14H,3-8H2,1-2H3. The molecule has 0 spiro atoms. The number of nitrogens with one attached hydrogen (secondary N) is 1. The number of fused-ring (bicyclic) bond motifs is 1. The molecule has 1 aliphatic carbocycles. The van der Waals surface area contributed by atoms with E-state index in [1.54, 1.807) is 16.0 Å². The molecule has 0 bridgehead atoms. The van der Waals surface area contributed by atoms with Crippen LogP contribution in [-0.2, 0) is 13.0 Å². The summed E-state index contributed by atoms with van der Waals surface area (Å²) in [7, 11) is 0. The Bertz CT molecular complexity index is 316. The van der Waals surface area contributed by atoms with Crippen LogP contribution in [0.5, 0.6) is 0 Å². The summed E-state index contributed by atoms with van der Waals surface area (Å²) in [4.78, 5) is 1.66. The Balaban J connectivity index is 2.06. The second-order valence-corrected chi connectivity index (χ2v) is 5.38. The van der Waals surface area contributed by atoms with Gasteiger partial charge < -0.3 is 5.32 Å². The second kappa shape index (κ2) is 5.13. The van der Waals surface area contributed by atoms with Gasteiger partial charge in [0.05, 0.1) is 0 Å². The minimum Gasteiger partial charge on any atom is -0.313 e. The maximum Gasteiger partial charge on any atom is 0.0216 e. The van der Waals surface area contributed by atoms with Gasteiger partial charge in [-0.25, -0.2) is 0 Å². The lowest BCUT2D eigenvalue weighted by Crippen LogP contribution is -2.14. The highest BCUT2D eigenvalue weighted by molar-refractivity contribution is 7.10. The predicted octanol–water partition coefficient (Wildman–Crippen LogP) is 3.69. The molecule has 84 valence electrons. The number of thiophene rings is 1. The second-order valence-electron chi connectivity index (χ2n) is 4.42. The van der Waals surface area contributed by atoms with E-state index in [4.69, 9.17) is 0 Å². The van der Waals surface area contributed by atoms with Crippen molar-refractivity contribution in [1.29, 1.82) is 0 Å². The molecule has 1 nitrogen and oxygen atoms in total. The first-order valence-electron chi connectivity index (χ1n) is 6.16. The van der Waals surface area contributed by atoms with Crippen molar-refractivity contribution < 1.29 is 0 Å². The molecule has 0 saturated carbocycles. The molecule has 1 aromatic heterocycles. The Morgan fingerprint density at radius 1 is 1.47 bits per heavy atom. The van der Waals surface area contributed by atoms with Crippen LogP contribution in [0.2, 0.25) is 0 Å². The number of hydrogen-bond donors (Lipinski definition) is 1. The van der Waals surface area contributed by atoms with E-state index in [9.17, 15) is 0 Å². The van der Waals surface area contributed by atoms with E-state index in [1.165, 1.54) is 25.7 Å². The first kappa shape index (κ1) is 11.2. The van der Waals surface area contributed by atoms with Crippen molar-refractivity contribution >= 4 is 11.3 Å². The van der Waals surface area contributed by atoms with Crippen molar-refractivity contribution in [1.82, 2.24) is 5.32 Å². The highest BCUT2D eigenvalue weighted by atomic mass is 32.1. The molecule has 0 fully saturated rings. The van der Waals surface area contributed by atoms with Crippen molar-refractivity contribution in [3.05, 3.63) is 21.4 Å². The molecule has 0 radical (unpaired) electrons. The molecule has 1 N–H and O–H groups in total. The van der Waals surface area contributed by atoms with Crippen molar-refractivity contribution in [3.63, 3.8) is 0 Å².